The summed E-state index contributed by atoms with van der Waals surface area (Å²) in [4.78, 5) is 14.0. The molecule has 1 amide bonds. The van der Waals surface area contributed by atoms with Gasteiger partial charge >= 0.3 is 0 Å². The van der Waals surface area contributed by atoms with Crippen LogP contribution in [0.4, 0.5) is 0 Å². The molecular formula is C20H25NO2S. The molecule has 2 aromatic rings. The summed E-state index contributed by atoms with van der Waals surface area (Å²) in [5, 5.41) is 0. The molecule has 0 heterocycles. The summed E-state index contributed by atoms with van der Waals surface area (Å²) in [6.45, 7) is 4.83. The molecule has 2 rings (SSSR count). The molecule has 0 radical (unpaired) electrons. The van der Waals surface area contributed by atoms with E-state index in [9.17, 15) is 4.79 Å². The number of aryl methyl sites for hydroxylation is 2. The molecule has 0 bridgehead atoms. The number of carbonyl (C=O) groups excluding carboxylic acids is 1. The lowest BCUT2D eigenvalue weighted by atomic mass is 10.1. The Labute approximate surface area is 149 Å². The zero-order chi connectivity index (χ0) is 17.5. The molecule has 128 valence electrons. The Hall–Kier alpha value is -1.94. The van der Waals surface area contributed by atoms with Crippen molar-refractivity contribution in [3.8, 4) is 5.75 Å². The van der Waals surface area contributed by atoms with Crippen LogP contribution in [0.5, 0.6) is 5.75 Å². The average molecular weight is 343 g/mol. The van der Waals surface area contributed by atoms with Gasteiger partial charge in [-0.3, -0.25) is 4.79 Å². The van der Waals surface area contributed by atoms with Gasteiger partial charge in [0.15, 0.2) is 0 Å². The zero-order valence-electron chi connectivity index (χ0n) is 14.8. The molecule has 0 atom stereocenters. The number of benzene rings is 2. The van der Waals surface area contributed by atoms with Gasteiger partial charge in [0.1, 0.15) is 5.75 Å². The number of hydrogen-bond acceptors (Lipinski definition) is 3. The first-order chi connectivity index (χ1) is 11.5. The lowest BCUT2D eigenvalue weighted by Crippen LogP contribution is -2.27. The number of carbonyl (C=O) groups is 1. The van der Waals surface area contributed by atoms with E-state index in [1.165, 1.54) is 16.7 Å². The van der Waals surface area contributed by atoms with Gasteiger partial charge in [0.05, 0.1) is 12.9 Å². The normalized spacial score (nSPS) is 10.5. The van der Waals surface area contributed by atoms with E-state index in [4.69, 9.17) is 4.74 Å². The van der Waals surface area contributed by atoms with Crippen LogP contribution < -0.4 is 4.74 Å². The van der Waals surface area contributed by atoms with Crippen molar-refractivity contribution in [3.63, 3.8) is 0 Å². The van der Waals surface area contributed by atoms with Crippen molar-refractivity contribution in [2.24, 2.45) is 0 Å². The Balaban J connectivity index is 1.80. The third-order valence-electron chi connectivity index (χ3n) is 3.78. The second kappa shape index (κ2) is 8.78. The Morgan fingerprint density at radius 2 is 1.67 bits per heavy atom. The maximum Gasteiger partial charge on any atom is 0.232 e. The third-order valence-corrected chi connectivity index (χ3v) is 4.77. The molecule has 24 heavy (non-hydrogen) atoms. The minimum Gasteiger partial charge on any atom is -0.497 e. The quantitative estimate of drug-likeness (QED) is 0.754. The van der Waals surface area contributed by atoms with E-state index in [1.807, 2.05) is 31.3 Å². The summed E-state index contributed by atoms with van der Waals surface area (Å²) in [5.74, 6) is 2.35. The number of nitrogens with zero attached hydrogens (tertiary/aromatic N) is 1. The highest BCUT2D eigenvalue weighted by Crippen LogP contribution is 2.17. The highest BCUT2D eigenvalue weighted by Gasteiger charge is 2.10. The van der Waals surface area contributed by atoms with Crippen LogP contribution in [0, 0.1) is 13.8 Å². The minimum absolute atomic E-state index is 0.153. The molecule has 0 aliphatic carbocycles. The SMILES string of the molecule is COc1ccc(CN(C)C(=O)CSCc2cc(C)cc(C)c2)cc1. The first-order valence-corrected chi connectivity index (χ1v) is 9.15. The second-order valence-corrected chi connectivity index (χ2v) is 7.07. The molecule has 0 aromatic heterocycles. The van der Waals surface area contributed by atoms with Gasteiger partial charge in [0, 0.05) is 19.3 Å². The van der Waals surface area contributed by atoms with Crippen LogP contribution in [0.2, 0.25) is 0 Å². The lowest BCUT2D eigenvalue weighted by Gasteiger charge is -2.17. The molecule has 0 saturated carbocycles. The van der Waals surface area contributed by atoms with E-state index < -0.39 is 0 Å². The van der Waals surface area contributed by atoms with Crippen molar-refractivity contribution in [1.29, 1.82) is 0 Å². The highest BCUT2D eigenvalue weighted by atomic mass is 32.2. The molecule has 2 aromatic carbocycles. The molecule has 0 aliphatic heterocycles. The molecule has 0 aliphatic rings. The maximum absolute atomic E-state index is 12.3. The minimum atomic E-state index is 0.153. The van der Waals surface area contributed by atoms with Gasteiger partial charge < -0.3 is 9.64 Å². The summed E-state index contributed by atoms with van der Waals surface area (Å²) < 4.78 is 5.15. The van der Waals surface area contributed by atoms with Gasteiger partial charge in [-0.2, -0.15) is 0 Å². The molecule has 0 N–H and O–H groups in total. The standard InChI is InChI=1S/C20H25NO2S/c1-15-9-16(2)11-18(10-15)13-24-14-20(22)21(3)12-17-5-7-19(23-4)8-6-17/h5-11H,12-14H2,1-4H3. The zero-order valence-corrected chi connectivity index (χ0v) is 15.7. The van der Waals surface area contributed by atoms with Gasteiger partial charge in [0.25, 0.3) is 0 Å². The molecule has 0 spiro atoms. The van der Waals surface area contributed by atoms with Crippen LogP contribution in [0.25, 0.3) is 0 Å². The van der Waals surface area contributed by atoms with Gasteiger partial charge in [-0.15, -0.1) is 11.8 Å². The van der Waals surface area contributed by atoms with Gasteiger partial charge in [-0.05, 0) is 37.1 Å². The molecule has 4 heteroatoms. The summed E-state index contributed by atoms with van der Waals surface area (Å²) in [5.41, 5.74) is 4.93. The monoisotopic (exact) mass is 343 g/mol. The van der Waals surface area contributed by atoms with Crippen molar-refractivity contribution < 1.29 is 9.53 Å². The smallest absolute Gasteiger partial charge is 0.232 e. The molecule has 0 saturated heterocycles. The van der Waals surface area contributed by atoms with E-state index >= 15 is 0 Å². The average Bonchev–Trinajstić information content (AvgIpc) is 2.54. The number of ether oxygens (including phenoxy) is 1. The molecule has 3 nitrogen and oxygen atoms in total. The van der Waals surface area contributed by atoms with Crippen molar-refractivity contribution in [3.05, 3.63) is 64.7 Å². The number of thioether (sulfide) groups is 1. The largest absolute Gasteiger partial charge is 0.497 e. The van der Waals surface area contributed by atoms with Crippen LogP contribution in [0.15, 0.2) is 42.5 Å². The topological polar surface area (TPSA) is 29.5 Å². The number of hydrogen-bond donors (Lipinski definition) is 0. The number of rotatable bonds is 7. The Morgan fingerprint density at radius 1 is 1.04 bits per heavy atom. The summed E-state index contributed by atoms with van der Waals surface area (Å²) >= 11 is 1.67. The Bertz CT molecular complexity index is 662. The summed E-state index contributed by atoms with van der Waals surface area (Å²) in [7, 11) is 3.50. The fourth-order valence-electron chi connectivity index (χ4n) is 2.61. The van der Waals surface area contributed by atoms with E-state index in [2.05, 4.69) is 32.0 Å². The summed E-state index contributed by atoms with van der Waals surface area (Å²) in [6, 6.07) is 14.4. The fourth-order valence-corrected chi connectivity index (χ4v) is 3.51. The lowest BCUT2D eigenvalue weighted by molar-refractivity contribution is -0.127. The highest BCUT2D eigenvalue weighted by molar-refractivity contribution is 7.99. The van der Waals surface area contributed by atoms with Crippen molar-refractivity contribution in [1.82, 2.24) is 4.90 Å². The van der Waals surface area contributed by atoms with Crippen LogP contribution >= 0.6 is 11.8 Å². The van der Waals surface area contributed by atoms with Crippen LogP contribution in [-0.2, 0) is 17.1 Å². The van der Waals surface area contributed by atoms with E-state index in [1.54, 1.807) is 23.8 Å². The number of amides is 1. The van der Waals surface area contributed by atoms with Crippen molar-refractivity contribution in [2.45, 2.75) is 26.1 Å². The van der Waals surface area contributed by atoms with E-state index in [0.717, 1.165) is 17.1 Å². The first kappa shape index (κ1) is 18.4. The molecular weight excluding hydrogens is 318 g/mol. The number of methoxy groups -OCH3 is 1. The Kier molecular flexibility index (Phi) is 6.73. The summed E-state index contributed by atoms with van der Waals surface area (Å²) in [6.07, 6.45) is 0. The molecule has 0 unspecified atom stereocenters. The van der Waals surface area contributed by atoms with Crippen LogP contribution in [0.3, 0.4) is 0 Å². The van der Waals surface area contributed by atoms with Gasteiger partial charge in [0.2, 0.25) is 5.91 Å². The van der Waals surface area contributed by atoms with Crippen molar-refractivity contribution in [2.75, 3.05) is 19.9 Å². The second-order valence-electron chi connectivity index (χ2n) is 6.09. The van der Waals surface area contributed by atoms with Gasteiger partial charge in [-0.25, -0.2) is 0 Å². The van der Waals surface area contributed by atoms with E-state index in [0.29, 0.717) is 12.3 Å². The van der Waals surface area contributed by atoms with Crippen molar-refractivity contribution >= 4 is 17.7 Å². The Morgan fingerprint density at radius 3 is 2.25 bits per heavy atom. The maximum atomic E-state index is 12.3. The van der Waals surface area contributed by atoms with Gasteiger partial charge in [-0.1, -0.05) is 41.5 Å². The van der Waals surface area contributed by atoms with Crippen LogP contribution in [0.1, 0.15) is 22.3 Å². The van der Waals surface area contributed by atoms with Crippen LogP contribution in [-0.4, -0.2) is 30.7 Å². The fraction of sp³-hybridized carbons (Fsp3) is 0.350. The first-order valence-electron chi connectivity index (χ1n) is 7.99. The molecule has 0 fully saturated rings. The third kappa shape index (κ3) is 5.60. The van der Waals surface area contributed by atoms with E-state index in [-0.39, 0.29) is 5.91 Å². The predicted octanol–water partition coefficient (Wildman–Crippen LogP) is 4.20. The predicted molar refractivity (Wildman–Crippen MR) is 102 cm³/mol.